The minimum atomic E-state index is -0.445. The number of hydroxylamine groups is 2. The van der Waals surface area contributed by atoms with Crippen LogP contribution in [0.3, 0.4) is 0 Å². The van der Waals surface area contributed by atoms with E-state index in [2.05, 4.69) is 0 Å². The average molecular weight is 308 g/mol. The summed E-state index contributed by atoms with van der Waals surface area (Å²) in [6.45, 7) is 1.53. The van der Waals surface area contributed by atoms with Gasteiger partial charge in [0.15, 0.2) is 17.1 Å². The molecule has 0 amide bonds. The third-order valence-electron chi connectivity index (χ3n) is 3.83. The van der Waals surface area contributed by atoms with Crippen LogP contribution in [0.1, 0.15) is 12.5 Å². The molecule has 0 aromatic heterocycles. The molecule has 2 N–H and O–H groups in total. The summed E-state index contributed by atoms with van der Waals surface area (Å²) in [6, 6.07) is 15.9. The highest BCUT2D eigenvalue weighted by Crippen LogP contribution is 2.18. The lowest BCUT2D eigenvalue weighted by molar-refractivity contribution is -0.796. The molecule has 2 aromatic rings. The first-order chi connectivity index (χ1) is 11.1. The molecule has 1 aliphatic heterocycles. The average Bonchev–Trinajstić information content (AvgIpc) is 2.59. The molecule has 1 heterocycles. The summed E-state index contributed by atoms with van der Waals surface area (Å²) in [6.07, 6.45) is 2.98. The predicted octanol–water partition coefficient (Wildman–Crippen LogP) is 1.24. The Kier molecular flexibility index (Phi) is 4.18. The zero-order chi connectivity index (χ0) is 16.4. The third kappa shape index (κ3) is 2.86. The first-order valence-electron chi connectivity index (χ1n) is 7.26. The van der Waals surface area contributed by atoms with Crippen molar-refractivity contribution in [3.05, 3.63) is 88.0 Å². The van der Waals surface area contributed by atoms with E-state index in [-0.39, 0.29) is 21.5 Å². The van der Waals surface area contributed by atoms with Crippen molar-refractivity contribution in [3.8, 4) is 0 Å². The predicted molar refractivity (Wildman–Crippen MR) is 87.6 cm³/mol. The van der Waals surface area contributed by atoms with Gasteiger partial charge in [-0.2, -0.15) is 0 Å². The van der Waals surface area contributed by atoms with Crippen LogP contribution in [0.5, 0.6) is 0 Å². The van der Waals surface area contributed by atoms with Gasteiger partial charge in [-0.05, 0) is 11.6 Å². The van der Waals surface area contributed by atoms with Gasteiger partial charge in [-0.15, -0.1) is 0 Å². The summed E-state index contributed by atoms with van der Waals surface area (Å²) >= 11 is 0. The summed E-state index contributed by atoms with van der Waals surface area (Å²) in [7, 11) is 0. The minimum absolute atomic E-state index is 0.0409. The Morgan fingerprint density at radius 1 is 0.913 bits per heavy atom. The van der Waals surface area contributed by atoms with Crippen molar-refractivity contribution in [3.63, 3.8) is 0 Å². The summed E-state index contributed by atoms with van der Waals surface area (Å²) in [4.78, 5) is 12.4. The number of ketones is 1. The number of quaternary nitrogens is 2. The second kappa shape index (κ2) is 6.28. The maximum atomic E-state index is 12.6. The lowest BCUT2D eigenvalue weighted by Gasteiger charge is -2.34. The molecule has 116 valence electrons. The number of nitrogens with one attached hydrogen (secondary N) is 2. The van der Waals surface area contributed by atoms with E-state index in [4.69, 9.17) is 0 Å². The Bertz CT molecular complexity index is 797. The number of hydrogen-bond donors (Lipinski definition) is 2. The summed E-state index contributed by atoms with van der Waals surface area (Å²) in [5, 5.41) is 24.3. The molecule has 2 unspecified atom stereocenters. The summed E-state index contributed by atoms with van der Waals surface area (Å²) in [5.74, 6) is -0.445. The van der Waals surface area contributed by atoms with Crippen molar-refractivity contribution in [2.45, 2.75) is 6.92 Å². The van der Waals surface area contributed by atoms with Gasteiger partial charge in [-0.1, -0.05) is 48.5 Å². The van der Waals surface area contributed by atoms with Crippen molar-refractivity contribution >= 4 is 23.2 Å². The molecular formula is C18H16N2O3. The van der Waals surface area contributed by atoms with E-state index in [1.54, 1.807) is 30.3 Å². The van der Waals surface area contributed by atoms with E-state index >= 15 is 0 Å². The molecule has 5 nitrogen and oxygen atoms in total. The van der Waals surface area contributed by atoms with Crippen LogP contribution >= 0.6 is 0 Å². The SMILES string of the molecule is CC1=C(C(=O)/C=C/c2ccccc2)[NH+]([O-])c2ccccc2[NH+]1[O-]. The van der Waals surface area contributed by atoms with Crippen LogP contribution in [-0.2, 0) is 4.79 Å². The van der Waals surface area contributed by atoms with Crippen molar-refractivity contribution in [1.29, 1.82) is 0 Å². The Balaban J connectivity index is 1.94. The largest absolute Gasteiger partial charge is 0.623 e. The van der Waals surface area contributed by atoms with Crippen molar-refractivity contribution < 1.29 is 14.9 Å². The van der Waals surface area contributed by atoms with Gasteiger partial charge >= 0.3 is 0 Å². The Morgan fingerprint density at radius 3 is 2.13 bits per heavy atom. The molecule has 2 aromatic carbocycles. The van der Waals surface area contributed by atoms with E-state index in [0.717, 1.165) is 5.56 Å². The fraction of sp³-hybridized carbons (Fsp3) is 0.0556. The highest BCUT2D eigenvalue weighted by atomic mass is 16.5. The van der Waals surface area contributed by atoms with Gasteiger partial charge in [0.1, 0.15) is 0 Å². The van der Waals surface area contributed by atoms with Gasteiger partial charge in [0.05, 0.1) is 0 Å². The van der Waals surface area contributed by atoms with E-state index < -0.39 is 5.78 Å². The number of fused-ring (bicyclic) bond motifs is 1. The van der Waals surface area contributed by atoms with E-state index in [0.29, 0.717) is 11.4 Å². The van der Waals surface area contributed by atoms with Gasteiger partial charge in [0.25, 0.3) is 0 Å². The zero-order valence-corrected chi connectivity index (χ0v) is 12.6. The van der Waals surface area contributed by atoms with Crippen LogP contribution in [-0.4, -0.2) is 5.78 Å². The monoisotopic (exact) mass is 308 g/mol. The fourth-order valence-electron chi connectivity index (χ4n) is 2.62. The molecule has 0 saturated heterocycles. The molecule has 2 atom stereocenters. The molecule has 0 bridgehead atoms. The quantitative estimate of drug-likeness (QED) is 0.662. The maximum Gasteiger partial charge on any atom is 0.245 e. The molecule has 3 rings (SSSR count). The maximum absolute atomic E-state index is 12.6. The molecule has 0 aliphatic carbocycles. The molecule has 0 fully saturated rings. The van der Waals surface area contributed by atoms with Crippen LogP contribution in [0.15, 0.2) is 72.1 Å². The van der Waals surface area contributed by atoms with Crippen LogP contribution < -0.4 is 10.1 Å². The number of rotatable bonds is 3. The molecule has 1 aliphatic rings. The molecule has 0 spiro atoms. The normalized spacial score (nSPS) is 20.7. The number of para-hydroxylation sites is 2. The van der Waals surface area contributed by atoms with Crippen LogP contribution in [0, 0.1) is 10.4 Å². The fourth-order valence-corrected chi connectivity index (χ4v) is 2.62. The van der Waals surface area contributed by atoms with E-state index in [9.17, 15) is 15.2 Å². The van der Waals surface area contributed by atoms with Crippen LogP contribution in [0.4, 0.5) is 11.4 Å². The number of hydrogen-bond acceptors (Lipinski definition) is 3. The van der Waals surface area contributed by atoms with Crippen LogP contribution in [0.25, 0.3) is 6.08 Å². The number of carbonyl (C=O) groups is 1. The molecule has 0 saturated carbocycles. The first-order valence-corrected chi connectivity index (χ1v) is 7.26. The van der Waals surface area contributed by atoms with E-state index in [1.807, 2.05) is 30.3 Å². The van der Waals surface area contributed by atoms with Crippen molar-refractivity contribution in [1.82, 2.24) is 0 Å². The molecule has 0 radical (unpaired) electrons. The van der Waals surface area contributed by atoms with Gasteiger partial charge in [0, 0.05) is 19.1 Å². The number of allylic oxidation sites excluding steroid dienone is 2. The van der Waals surface area contributed by atoms with Gasteiger partial charge in [0.2, 0.25) is 11.5 Å². The second-order valence-corrected chi connectivity index (χ2v) is 5.31. The number of carbonyl (C=O) groups excluding carboxylic acids is 1. The lowest BCUT2D eigenvalue weighted by Crippen LogP contribution is -3.12. The van der Waals surface area contributed by atoms with Crippen molar-refractivity contribution in [2.24, 2.45) is 0 Å². The van der Waals surface area contributed by atoms with Crippen molar-refractivity contribution in [2.75, 3.05) is 0 Å². The third-order valence-corrected chi connectivity index (χ3v) is 3.83. The van der Waals surface area contributed by atoms with Gasteiger partial charge < -0.3 is 15.5 Å². The topological polar surface area (TPSA) is 72.1 Å². The Hall–Kier alpha value is -2.57. The van der Waals surface area contributed by atoms with Gasteiger partial charge in [-0.25, -0.2) is 0 Å². The number of benzene rings is 2. The lowest BCUT2D eigenvalue weighted by atomic mass is 10.1. The first kappa shape index (κ1) is 15.3. The molecular weight excluding hydrogens is 292 g/mol. The second-order valence-electron chi connectivity index (χ2n) is 5.31. The molecule has 23 heavy (non-hydrogen) atoms. The highest BCUT2D eigenvalue weighted by Gasteiger charge is 2.33. The standard InChI is InChI=1S/C18H16N2O3/c1-13-18(17(21)12-11-14-7-3-2-4-8-14)20(23)16-10-6-5-9-15(16)19(13)22/h2-12,19-20H,1H3/b12-11+. The van der Waals surface area contributed by atoms with Crippen LogP contribution in [0.2, 0.25) is 0 Å². The highest BCUT2D eigenvalue weighted by molar-refractivity contribution is 6.05. The minimum Gasteiger partial charge on any atom is -0.623 e. The summed E-state index contributed by atoms with van der Waals surface area (Å²) < 4.78 is 0. The Morgan fingerprint density at radius 2 is 1.48 bits per heavy atom. The smallest absolute Gasteiger partial charge is 0.245 e. The van der Waals surface area contributed by atoms with Gasteiger partial charge in [-0.3, -0.25) is 9.86 Å². The zero-order valence-electron chi connectivity index (χ0n) is 12.6. The Labute approximate surface area is 133 Å². The van der Waals surface area contributed by atoms with E-state index in [1.165, 1.54) is 13.0 Å². The summed E-state index contributed by atoms with van der Waals surface area (Å²) in [5.41, 5.74) is 1.67. The molecule has 5 heteroatoms.